The van der Waals surface area contributed by atoms with Gasteiger partial charge in [0.1, 0.15) is 11.8 Å². The maximum Gasteiger partial charge on any atom is 0.253 e. The molecule has 0 saturated heterocycles. The first-order valence-corrected chi connectivity index (χ1v) is 9.62. The van der Waals surface area contributed by atoms with Crippen LogP contribution in [-0.4, -0.2) is 25.0 Å². The first-order chi connectivity index (χ1) is 13.2. The van der Waals surface area contributed by atoms with E-state index in [0.29, 0.717) is 16.3 Å². The van der Waals surface area contributed by atoms with E-state index in [1.807, 2.05) is 45.9 Å². The average molecular weight is 403 g/mol. The lowest BCUT2D eigenvalue weighted by Crippen LogP contribution is -2.50. The molecule has 0 spiro atoms. The Kier molecular flexibility index (Phi) is 7.46. The van der Waals surface area contributed by atoms with Crippen LogP contribution in [0.5, 0.6) is 5.75 Å². The van der Waals surface area contributed by atoms with E-state index in [1.54, 1.807) is 31.4 Å². The van der Waals surface area contributed by atoms with Crippen molar-refractivity contribution in [1.29, 1.82) is 0 Å². The van der Waals surface area contributed by atoms with E-state index >= 15 is 0 Å². The maximum atomic E-state index is 12.9. The first-order valence-electron chi connectivity index (χ1n) is 9.25. The molecule has 0 aromatic heterocycles. The number of aryl methyl sites for hydroxylation is 1. The number of halogens is 1. The molecule has 2 atom stereocenters. The molecule has 2 amide bonds. The van der Waals surface area contributed by atoms with Gasteiger partial charge in [0.05, 0.1) is 23.7 Å². The zero-order valence-electron chi connectivity index (χ0n) is 16.9. The van der Waals surface area contributed by atoms with Crippen molar-refractivity contribution in [3.05, 3.63) is 64.2 Å². The van der Waals surface area contributed by atoms with Gasteiger partial charge in [-0.05, 0) is 38.0 Å². The number of nitrogens with one attached hydrogen (secondary N) is 2. The largest absolute Gasteiger partial charge is 0.496 e. The van der Waals surface area contributed by atoms with Gasteiger partial charge in [-0.3, -0.25) is 9.59 Å². The van der Waals surface area contributed by atoms with Crippen LogP contribution >= 0.6 is 11.6 Å². The highest BCUT2D eigenvalue weighted by molar-refractivity contribution is 6.33. The second kappa shape index (κ2) is 9.60. The molecule has 0 aliphatic heterocycles. The normalized spacial score (nSPS) is 13.0. The predicted molar refractivity (Wildman–Crippen MR) is 112 cm³/mol. The minimum absolute atomic E-state index is 0.0990. The molecule has 6 heteroatoms. The second-order valence-corrected chi connectivity index (χ2v) is 7.56. The third-order valence-corrected chi connectivity index (χ3v) is 4.89. The summed E-state index contributed by atoms with van der Waals surface area (Å²) in [6.07, 6.45) is 0. The molecule has 0 radical (unpaired) electrons. The van der Waals surface area contributed by atoms with Gasteiger partial charge in [-0.2, -0.15) is 0 Å². The predicted octanol–water partition coefficient (Wildman–Crippen LogP) is 4.29. The van der Waals surface area contributed by atoms with E-state index in [9.17, 15) is 9.59 Å². The molecular weight excluding hydrogens is 376 g/mol. The number of amides is 2. The number of carbonyl (C=O) groups excluding carboxylic acids is 2. The number of rotatable bonds is 7. The Hall–Kier alpha value is -2.53. The zero-order valence-corrected chi connectivity index (χ0v) is 17.6. The molecule has 0 aliphatic carbocycles. The fraction of sp³-hybridized carbons (Fsp3) is 0.364. The van der Waals surface area contributed by atoms with Crippen molar-refractivity contribution in [3.8, 4) is 5.75 Å². The number of methoxy groups -OCH3 is 1. The summed E-state index contributed by atoms with van der Waals surface area (Å²) < 4.78 is 5.41. The van der Waals surface area contributed by atoms with Crippen LogP contribution in [0.25, 0.3) is 0 Å². The third-order valence-electron chi connectivity index (χ3n) is 4.56. The SMILES string of the molecule is COc1ccc(C)cc1C(C)NC(=O)[C@@H](NC(=O)c1ccccc1Cl)C(C)C. The Morgan fingerprint density at radius 2 is 1.71 bits per heavy atom. The summed E-state index contributed by atoms with van der Waals surface area (Å²) in [7, 11) is 1.60. The van der Waals surface area contributed by atoms with Gasteiger partial charge in [-0.25, -0.2) is 0 Å². The molecule has 2 N–H and O–H groups in total. The standard InChI is InChI=1S/C22H27ClN2O3/c1-13(2)20(25-21(26)16-8-6-7-9-18(16)23)22(27)24-15(4)17-12-14(3)10-11-19(17)28-5/h6-13,15,20H,1-5H3,(H,24,27)(H,25,26)/t15?,20-/m0/s1. The number of carbonyl (C=O) groups is 2. The highest BCUT2D eigenvalue weighted by Crippen LogP contribution is 2.26. The van der Waals surface area contributed by atoms with Crippen LogP contribution in [-0.2, 0) is 4.79 Å². The lowest BCUT2D eigenvalue weighted by Gasteiger charge is -2.25. The van der Waals surface area contributed by atoms with E-state index in [2.05, 4.69) is 10.6 Å². The van der Waals surface area contributed by atoms with Crippen LogP contribution in [0.4, 0.5) is 0 Å². The summed E-state index contributed by atoms with van der Waals surface area (Å²) in [6, 6.07) is 11.6. The Labute approximate surface area is 171 Å². The number of benzene rings is 2. The van der Waals surface area contributed by atoms with Crippen LogP contribution in [0, 0.1) is 12.8 Å². The molecular formula is C22H27ClN2O3. The molecule has 2 rings (SSSR count). The number of hydrogen-bond donors (Lipinski definition) is 2. The Morgan fingerprint density at radius 3 is 2.32 bits per heavy atom. The van der Waals surface area contributed by atoms with E-state index in [-0.39, 0.29) is 23.8 Å². The van der Waals surface area contributed by atoms with Crippen molar-refractivity contribution >= 4 is 23.4 Å². The topological polar surface area (TPSA) is 67.4 Å². The van der Waals surface area contributed by atoms with Crippen molar-refractivity contribution in [2.45, 2.75) is 39.8 Å². The summed E-state index contributed by atoms with van der Waals surface area (Å²) in [6.45, 7) is 7.64. The quantitative estimate of drug-likeness (QED) is 0.726. The highest BCUT2D eigenvalue weighted by Gasteiger charge is 2.27. The number of ether oxygens (including phenoxy) is 1. The van der Waals surface area contributed by atoms with E-state index in [4.69, 9.17) is 16.3 Å². The molecule has 2 aromatic rings. The summed E-state index contributed by atoms with van der Waals surface area (Å²) in [5.74, 6) is -0.0238. The van der Waals surface area contributed by atoms with Crippen molar-refractivity contribution in [1.82, 2.24) is 10.6 Å². The van der Waals surface area contributed by atoms with Crippen LogP contribution in [0.2, 0.25) is 5.02 Å². The van der Waals surface area contributed by atoms with E-state index in [1.165, 1.54) is 0 Å². The van der Waals surface area contributed by atoms with Gasteiger partial charge in [0, 0.05) is 5.56 Å². The fourth-order valence-electron chi connectivity index (χ4n) is 2.97. The van der Waals surface area contributed by atoms with Crippen LogP contribution in [0.3, 0.4) is 0 Å². The Bertz CT molecular complexity index is 851. The summed E-state index contributed by atoms with van der Waals surface area (Å²) in [5, 5.41) is 6.14. The van der Waals surface area contributed by atoms with Gasteiger partial charge in [-0.1, -0.05) is 55.3 Å². The average Bonchev–Trinajstić information content (AvgIpc) is 2.65. The molecule has 0 bridgehead atoms. The van der Waals surface area contributed by atoms with Crippen LogP contribution < -0.4 is 15.4 Å². The molecule has 0 aliphatic rings. The van der Waals surface area contributed by atoms with Gasteiger partial charge in [0.15, 0.2) is 0 Å². The van der Waals surface area contributed by atoms with E-state index in [0.717, 1.165) is 11.1 Å². The molecule has 28 heavy (non-hydrogen) atoms. The van der Waals surface area contributed by atoms with Gasteiger partial charge in [-0.15, -0.1) is 0 Å². The minimum Gasteiger partial charge on any atom is -0.496 e. The first kappa shape index (κ1) is 21.8. The van der Waals surface area contributed by atoms with Crippen molar-refractivity contribution < 1.29 is 14.3 Å². The zero-order chi connectivity index (χ0) is 20.8. The van der Waals surface area contributed by atoms with Crippen LogP contribution in [0.1, 0.15) is 48.3 Å². The van der Waals surface area contributed by atoms with Crippen molar-refractivity contribution in [3.63, 3.8) is 0 Å². The maximum absolute atomic E-state index is 12.9. The smallest absolute Gasteiger partial charge is 0.253 e. The lowest BCUT2D eigenvalue weighted by molar-refractivity contribution is -0.124. The summed E-state index contributed by atoms with van der Waals surface area (Å²) in [4.78, 5) is 25.5. The Morgan fingerprint density at radius 1 is 1.04 bits per heavy atom. The second-order valence-electron chi connectivity index (χ2n) is 7.15. The summed E-state index contributed by atoms with van der Waals surface area (Å²) >= 11 is 6.10. The molecule has 0 heterocycles. The number of hydrogen-bond acceptors (Lipinski definition) is 3. The van der Waals surface area contributed by atoms with Crippen LogP contribution in [0.15, 0.2) is 42.5 Å². The Balaban J connectivity index is 2.16. The monoisotopic (exact) mass is 402 g/mol. The summed E-state index contributed by atoms with van der Waals surface area (Å²) in [5.41, 5.74) is 2.30. The van der Waals surface area contributed by atoms with Crippen molar-refractivity contribution in [2.75, 3.05) is 7.11 Å². The highest BCUT2D eigenvalue weighted by atomic mass is 35.5. The minimum atomic E-state index is -0.693. The lowest BCUT2D eigenvalue weighted by atomic mass is 10.0. The molecule has 1 unspecified atom stereocenters. The van der Waals surface area contributed by atoms with E-state index < -0.39 is 6.04 Å². The molecule has 150 valence electrons. The molecule has 0 fully saturated rings. The van der Waals surface area contributed by atoms with Gasteiger partial charge in [0.2, 0.25) is 5.91 Å². The fourth-order valence-corrected chi connectivity index (χ4v) is 3.19. The molecule has 2 aromatic carbocycles. The van der Waals surface area contributed by atoms with Gasteiger partial charge < -0.3 is 15.4 Å². The van der Waals surface area contributed by atoms with Gasteiger partial charge >= 0.3 is 0 Å². The van der Waals surface area contributed by atoms with Gasteiger partial charge in [0.25, 0.3) is 5.91 Å². The third kappa shape index (κ3) is 5.26. The molecule has 0 saturated carbocycles. The van der Waals surface area contributed by atoms with Crippen molar-refractivity contribution in [2.24, 2.45) is 5.92 Å². The molecule has 5 nitrogen and oxygen atoms in total.